The first-order chi connectivity index (χ1) is 11.6. The molecule has 122 valence electrons. The Morgan fingerprint density at radius 3 is 2.50 bits per heavy atom. The van der Waals surface area contributed by atoms with E-state index in [1.54, 1.807) is 5.48 Å². The summed E-state index contributed by atoms with van der Waals surface area (Å²) in [7, 11) is 0. The van der Waals surface area contributed by atoms with Crippen molar-refractivity contribution < 1.29 is 14.8 Å². The number of thiophene rings is 1. The predicted octanol–water partition coefficient (Wildman–Crippen LogP) is 3.13. The smallest absolute Gasteiger partial charge is 0.248 e. The number of hydroxylamine groups is 1. The van der Waals surface area contributed by atoms with Gasteiger partial charge in [0.15, 0.2) is 0 Å². The molecule has 0 aliphatic rings. The van der Waals surface area contributed by atoms with E-state index in [9.17, 15) is 9.59 Å². The van der Waals surface area contributed by atoms with Gasteiger partial charge in [0.05, 0.1) is 12.8 Å². The summed E-state index contributed by atoms with van der Waals surface area (Å²) < 4.78 is 1.01. The Hall–Kier alpha value is -2.70. The van der Waals surface area contributed by atoms with Gasteiger partial charge in [0.2, 0.25) is 11.8 Å². The number of anilines is 1. The highest BCUT2D eigenvalue weighted by molar-refractivity contribution is 7.19. The summed E-state index contributed by atoms with van der Waals surface area (Å²) in [5, 5.41) is 12.5. The van der Waals surface area contributed by atoms with Crippen molar-refractivity contribution in [3.05, 3.63) is 65.0 Å². The lowest BCUT2D eigenvalue weighted by Gasteiger charge is -2.05. The van der Waals surface area contributed by atoms with Gasteiger partial charge in [-0.05, 0) is 35.2 Å². The zero-order valence-electron chi connectivity index (χ0n) is 12.8. The molecule has 2 amide bonds. The summed E-state index contributed by atoms with van der Waals surface area (Å²) in [6.45, 7) is 0. The maximum atomic E-state index is 12.1. The van der Waals surface area contributed by atoms with E-state index >= 15 is 0 Å². The lowest BCUT2D eigenvalue weighted by molar-refractivity contribution is -0.128. The Morgan fingerprint density at radius 1 is 0.958 bits per heavy atom. The minimum Gasteiger partial charge on any atom is -0.326 e. The number of rotatable bonds is 5. The normalized spacial score (nSPS) is 10.5. The molecule has 1 heterocycles. The van der Waals surface area contributed by atoms with Crippen LogP contribution in [0, 0.1) is 0 Å². The number of nitrogens with one attached hydrogen (secondary N) is 2. The molecular weight excluding hydrogens is 324 g/mol. The third-order valence-corrected chi connectivity index (χ3v) is 4.62. The van der Waals surface area contributed by atoms with Crippen molar-refractivity contribution in [1.82, 2.24) is 5.48 Å². The SMILES string of the molecule is O=C(Cc1cc2ccc(CC(=O)Nc3ccccc3)cc2s1)NO. The summed E-state index contributed by atoms with van der Waals surface area (Å²) in [6, 6.07) is 17.1. The summed E-state index contributed by atoms with van der Waals surface area (Å²) >= 11 is 1.48. The molecule has 0 bridgehead atoms. The van der Waals surface area contributed by atoms with Crippen LogP contribution in [-0.4, -0.2) is 17.0 Å². The third-order valence-electron chi connectivity index (χ3n) is 3.52. The van der Waals surface area contributed by atoms with Gasteiger partial charge in [-0.3, -0.25) is 14.8 Å². The van der Waals surface area contributed by atoms with Crippen LogP contribution in [0.4, 0.5) is 5.69 Å². The number of fused-ring (bicyclic) bond motifs is 1. The van der Waals surface area contributed by atoms with Crippen molar-refractivity contribution in [2.24, 2.45) is 0 Å². The van der Waals surface area contributed by atoms with Gasteiger partial charge in [0.25, 0.3) is 0 Å². The van der Waals surface area contributed by atoms with E-state index in [-0.39, 0.29) is 18.7 Å². The van der Waals surface area contributed by atoms with Crippen LogP contribution in [0.1, 0.15) is 10.4 Å². The van der Waals surface area contributed by atoms with E-state index in [0.29, 0.717) is 0 Å². The number of amides is 2. The van der Waals surface area contributed by atoms with Crippen molar-refractivity contribution >= 4 is 38.9 Å². The average molecular weight is 340 g/mol. The average Bonchev–Trinajstić information content (AvgIpc) is 2.97. The van der Waals surface area contributed by atoms with E-state index in [1.165, 1.54) is 11.3 Å². The first-order valence-corrected chi connectivity index (χ1v) is 8.25. The van der Waals surface area contributed by atoms with Crippen molar-refractivity contribution in [1.29, 1.82) is 0 Å². The first kappa shape index (κ1) is 16.2. The molecule has 6 heteroatoms. The zero-order valence-corrected chi connectivity index (χ0v) is 13.6. The van der Waals surface area contributed by atoms with E-state index in [0.717, 1.165) is 26.2 Å². The van der Waals surface area contributed by atoms with Gasteiger partial charge in [-0.15, -0.1) is 11.3 Å². The number of hydrogen-bond acceptors (Lipinski definition) is 4. The molecule has 0 unspecified atom stereocenters. The summed E-state index contributed by atoms with van der Waals surface area (Å²) in [5.41, 5.74) is 3.32. The Morgan fingerprint density at radius 2 is 1.75 bits per heavy atom. The third kappa shape index (κ3) is 3.98. The van der Waals surface area contributed by atoms with Gasteiger partial charge < -0.3 is 5.32 Å². The van der Waals surface area contributed by atoms with Crippen LogP contribution in [0.2, 0.25) is 0 Å². The molecule has 0 saturated carbocycles. The maximum absolute atomic E-state index is 12.1. The van der Waals surface area contributed by atoms with Crippen LogP contribution in [-0.2, 0) is 22.4 Å². The first-order valence-electron chi connectivity index (χ1n) is 7.43. The van der Waals surface area contributed by atoms with E-state index in [1.807, 2.05) is 54.6 Å². The second kappa shape index (κ2) is 7.25. The van der Waals surface area contributed by atoms with Crippen LogP contribution >= 0.6 is 11.3 Å². The second-order valence-electron chi connectivity index (χ2n) is 5.39. The minimum absolute atomic E-state index is 0.0722. The lowest BCUT2D eigenvalue weighted by atomic mass is 10.1. The fourth-order valence-electron chi connectivity index (χ4n) is 2.44. The van der Waals surface area contributed by atoms with Crippen LogP contribution in [0.25, 0.3) is 10.1 Å². The van der Waals surface area contributed by atoms with Crippen LogP contribution < -0.4 is 10.8 Å². The van der Waals surface area contributed by atoms with Gasteiger partial charge in [0.1, 0.15) is 0 Å². The Labute approximate surface area is 142 Å². The highest BCUT2D eigenvalue weighted by Gasteiger charge is 2.09. The lowest BCUT2D eigenvalue weighted by Crippen LogP contribution is -2.20. The molecule has 0 aliphatic heterocycles. The van der Waals surface area contributed by atoms with Gasteiger partial charge in [-0.1, -0.05) is 30.3 Å². The van der Waals surface area contributed by atoms with Gasteiger partial charge >= 0.3 is 0 Å². The van der Waals surface area contributed by atoms with Gasteiger partial charge in [-0.2, -0.15) is 0 Å². The zero-order chi connectivity index (χ0) is 16.9. The van der Waals surface area contributed by atoms with Crippen molar-refractivity contribution in [2.75, 3.05) is 5.32 Å². The fraction of sp³-hybridized carbons (Fsp3) is 0.111. The predicted molar refractivity (Wildman–Crippen MR) is 94.2 cm³/mol. The molecule has 1 aromatic heterocycles. The molecule has 24 heavy (non-hydrogen) atoms. The Balaban J connectivity index is 1.71. The summed E-state index contributed by atoms with van der Waals surface area (Å²) in [5.74, 6) is -0.513. The largest absolute Gasteiger partial charge is 0.326 e. The molecular formula is C18H16N2O3S. The minimum atomic E-state index is -0.441. The van der Waals surface area contributed by atoms with Gasteiger partial charge in [0, 0.05) is 15.3 Å². The van der Waals surface area contributed by atoms with E-state index in [2.05, 4.69) is 5.32 Å². The van der Waals surface area contributed by atoms with Crippen LogP contribution in [0.3, 0.4) is 0 Å². The molecule has 2 aromatic carbocycles. The van der Waals surface area contributed by atoms with Crippen LogP contribution in [0.15, 0.2) is 54.6 Å². The number of carbonyl (C=O) groups is 2. The molecule has 3 aromatic rings. The Kier molecular flexibility index (Phi) is 4.88. The summed E-state index contributed by atoms with van der Waals surface area (Å²) in [4.78, 5) is 24.2. The van der Waals surface area contributed by atoms with Crippen molar-refractivity contribution in [3.8, 4) is 0 Å². The molecule has 0 radical (unpaired) electrons. The van der Waals surface area contributed by atoms with Gasteiger partial charge in [-0.25, -0.2) is 5.48 Å². The molecule has 0 spiro atoms. The molecule has 3 N–H and O–H groups in total. The topological polar surface area (TPSA) is 78.4 Å². The Bertz CT molecular complexity index is 874. The van der Waals surface area contributed by atoms with E-state index < -0.39 is 5.91 Å². The standard InChI is InChI=1S/C18H16N2O3S/c21-17(19-14-4-2-1-3-5-14)9-12-6-7-13-10-15(11-18(22)20-23)24-16(13)8-12/h1-8,10,23H,9,11H2,(H,19,21)(H,20,22). The molecule has 0 saturated heterocycles. The van der Waals surface area contributed by atoms with Crippen LogP contribution in [0.5, 0.6) is 0 Å². The summed E-state index contributed by atoms with van der Waals surface area (Å²) in [6.07, 6.45) is 0.425. The quantitative estimate of drug-likeness (QED) is 0.493. The molecule has 3 rings (SSSR count). The fourth-order valence-corrected chi connectivity index (χ4v) is 3.56. The number of benzene rings is 2. The van der Waals surface area contributed by atoms with E-state index in [4.69, 9.17) is 5.21 Å². The second-order valence-corrected chi connectivity index (χ2v) is 6.56. The molecule has 0 atom stereocenters. The number of hydrogen-bond donors (Lipinski definition) is 3. The highest BCUT2D eigenvalue weighted by atomic mass is 32.1. The van der Waals surface area contributed by atoms with Crippen molar-refractivity contribution in [3.63, 3.8) is 0 Å². The monoisotopic (exact) mass is 340 g/mol. The molecule has 0 aliphatic carbocycles. The van der Waals surface area contributed by atoms with Crippen molar-refractivity contribution in [2.45, 2.75) is 12.8 Å². The number of carbonyl (C=O) groups excluding carboxylic acids is 2. The highest BCUT2D eigenvalue weighted by Crippen LogP contribution is 2.27. The molecule has 0 fully saturated rings. The maximum Gasteiger partial charge on any atom is 0.248 e. The number of para-hydroxylation sites is 1. The molecule has 5 nitrogen and oxygen atoms in total.